The van der Waals surface area contributed by atoms with Crippen molar-refractivity contribution in [3.63, 3.8) is 0 Å². The molecule has 0 N–H and O–H groups in total. The van der Waals surface area contributed by atoms with Crippen molar-refractivity contribution < 1.29 is 4.74 Å². The molecule has 1 aliphatic heterocycles. The summed E-state index contributed by atoms with van der Waals surface area (Å²) in [6, 6.07) is 10.7. The highest BCUT2D eigenvalue weighted by Crippen LogP contribution is 2.29. The van der Waals surface area contributed by atoms with Gasteiger partial charge in [-0.05, 0) is 17.6 Å². The van der Waals surface area contributed by atoms with Crippen LogP contribution in [0, 0.1) is 0 Å². The van der Waals surface area contributed by atoms with E-state index < -0.39 is 0 Å². The lowest BCUT2D eigenvalue weighted by Gasteiger charge is -2.21. The Hall–Kier alpha value is -1.96. The predicted octanol–water partition coefficient (Wildman–Crippen LogP) is 3.34. The predicted molar refractivity (Wildman–Crippen MR) is 68.6 cm³/mol. The lowest BCUT2D eigenvalue weighted by molar-refractivity contribution is 0.254. The zero-order valence-corrected chi connectivity index (χ0v) is 9.54. The SMILES string of the molecule is C1=CC(=C2[N-][C@H](Cc3ccccc3)CO2)C=C1. The Morgan fingerprint density at radius 3 is 2.65 bits per heavy atom. The van der Waals surface area contributed by atoms with Gasteiger partial charge in [-0.25, -0.2) is 0 Å². The largest absolute Gasteiger partial charge is 0.648 e. The molecule has 1 atom stereocenters. The first-order chi connectivity index (χ1) is 8.42. The summed E-state index contributed by atoms with van der Waals surface area (Å²) in [6.07, 6.45) is 9.02. The van der Waals surface area contributed by atoms with E-state index in [1.54, 1.807) is 0 Å². The lowest BCUT2D eigenvalue weighted by atomic mass is 10.1. The summed E-state index contributed by atoms with van der Waals surface area (Å²) >= 11 is 0. The van der Waals surface area contributed by atoms with Crippen LogP contribution in [-0.2, 0) is 11.2 Å². The van der Waals surface area contributed by atoms with E-state index in [2.05, 4.69) is 29.6 Å². The Balaban J connectivity index is 1.67. The molecule has 1 aromatic carbocycles. The Morgan fingerprint density at radius 1 is 1.12 bits per heavy atom. The highest BCUT2D eigenvalue weighted by atomic mass is 16.5. The van der Waals surface area contributed by atoms with E-state index in [0.29, 0.717) is 6.61 Å². The average molecular weight is 224 g/mol. The first-order valence-corrected chi connectivity index (χ1v) is 5.88. The highest BCUT2D eigenvalue weighted by Gasteiger charge is 2.11. The van der Waals surface area contributed by atoms with Gasteiger partial charge in [0, 0.05) is 5.88 Å². The van der Waals surface area contributed by atoms with Crippen LogP contribution in [0.25, 0.3) is 5.32 Å². The Morgan fingerprint density at radius 2 is 1.88 bits per heavy atom. The third-order valence-corrected chi connectivity index (χ3v) is 2.94. The van der Waals surface area contributed by atoms with Gasteiger partial charge in [-0.15, -0.1) is 0 Å². The van der Waals surface area contributed by atoms with E-state index in [1.807, 2.05) is 30.4 Å². The summed E-state index contributed by atoms with van der Waals surface area (Å²) in [5.41, 5.74) is 2.40. The summed E-state index contributed by atoms with van der Waals surface area (Å²) in [5, 5.41) is 4.62. The van der Waals surface area contributed by atoms with Gasteiger partial charge in [-0.2, -0.15) is 0 Å². The van der Waals surface area contributed by atoms with E-state index in [0.717, 1.165) is 17.9 Å². The van der Waals surface area contributed by atoms with E-state index in [4.69, 9.17) is 4.74 Å². The average Bonchev–Trinajstić information content (AvgIpc) is 3.00. The van der Waals surface area contributed by atoms with Crippen LogP contribution in [0.4, 0.5) is 0 Å². The molecule has 3 rings (SSSR count). The fraction of sp³-hybridized carbons (Fsp3) is 0.200. The zero-order chi connectivity index (χ0) is 11.5. The maximum Gasteiger partial charge on any atom is 0.0727 e. The Kier molecular flexibility index (Phi) is 2.70. The van der Waals surface area contributed by atoms with Crippen LogP contribution in [0.2, 0.25) is 0 Å². The fourth-order valence-corrected chi connectivity index (χ4v) is 2.08. The molecule has 0 aromatic heterocycles. The minimum atomic E-state index is 0.252. The first kappa shape index (κ1) is 10.2. The molecule has 0 spiro atoms. The van der Waals surface area contributed by atoms with Crippen molar-refractivity contribution in [3.8, 4) is 0 Å². The first-order valence-electron chi connectivity index (χ1n) is 5.88. The smallest absolute Gasteiger partial charge is 0.0727 e. The minimum absolute atomic E-state index is 0.252. The van der Waals surface area contributed by atoms with Crippen molar-refractivity contribution in [3.05, 3.63) is 77.0 Å². The van der Waals surface area contributed by atoms with Gasteiger partial charge >= 0.3 is 0 Å². The molecule has 2 aliphatic rings. The van der Waals surface area contributed by atoms with Gasteiger partial charge in [0.25, 0.3) is 0 Å². The number of rotatable bonds is 2. The zero-order valence-electron chi connectivity index (χ0n) is 9.54. The minimum Gasteiger partial charge on any atom is -0.648 e. The molecule has 86 valence electrons. The number of hydrogen-bond acceptors (Lipinski definition) is 1. The van der Waals surface area contributed by atoms with Gasteiger partial charge in [-0.3, -0.25) is 0 Å². The molecule has 1 aromatic rings. The summed E-state index contributed by atoms with van der Waals surface area (Å²) in [4.78, 5) is 0. The molecule has 0 saturated carbocycles. The molecular formula is C15H14NO-. The van der Waals surface area contributed by atoms with Crippen LogP contribution >= 0.6 is 0 Å². The van der Waals surface area contributed by atoms with Gasteiger partial charge in [0.2, 0.25) is 0 Å². The molecule has 1 saturated heterocycles. The van der Waals surface area contributed by atoms with Crippen LogP contribution in [0.3, 0.4) is 0 Å². The number of hydrogen-bond donors (Lipinski definition) is 0. The van der Waals surface area contributed by atoms with E-state index in [9.17, 15) is 0 Å². The molecule has 17 heavy (non-hydrogen) atoms. The fourth-order valence-electron chi connectivity index (χ4n) is 2.08. The molecule has 0 radical (unpaired) electrons. The van der Waals surface area contributed by atoms with Crippen LogP contribution < -0.4 is 0 Å². The second-order valence-electron chi connectivity index (χ2n) is 4.26. The molecule has 0 amide bonds. The highest BCUT2D eigenvalue weighted by molar-refractivity contribution is 5.46. The van der Waals surface area contributed by atoms with Gasteiger partial charge in [0.1, 0.15) is 0 Å². The van der Waals surface area contributed by atoms with Gasteiger partial charge in [0.15, 0.2) is 0 Å². The maximum absolute atomic E-state index is 5.63. The molecular weight excluding hydrogens is 210 g/mol. The van der Waals surface area contributed by atoms with E-state index in [-0.39, 0.29) is 6.04 Å². The summed E-state index contributed by atoms with van der Waals surface area (Å²) in [6.45, 7) is 0.690. The van der Waals surface area contributed by atoms with Gasteiger partial charge in [0.05, 0.1) is 6.61 Å². The number of nitrogens with zero attached hydrogens (tertiary/aromatic N) is 1. The third-order valence-electron chi connectivity index (χ3n) is 2.94. The third kappa shape index (κ3) is 2.26. The van der Waals surface area contributed by atoms with Crippen molar-refractivity contribution in [2.24, 2.45) is 0 Å². The van der Waals surface area contributed by atoms with Gasteiger partial charge < -0.3 is 10.1 Å². The molecule has 0 unspecified atom stereocenters. The normalized spacial score (nSPS) is 21.8. The van der Waals surface area contributed by atoms with Crippen LogP contribution in [-0.4, -0.2) is 12.6 Å². The molecule has 0 bridgehead atoms. The van der Waals surface area contributed by atoms with Crippen LogP contribution in [0.5, 0.6) is 0 Å². The van der Waals surface area contributed by atoms with Crippen LogP contribution in [0.15, 0.2) is 66.1 Å². The van der Waals surface area contributed by atoms with Crippen molar-refractivity contribution in [1.82, 2.24) is 0 Å². The molecule has 1 fully saturated rings. The van der Waals surface area contributed by atoms with Crippen molar-refractivity contribution in [2.45, 2.75) is 12.5 Å². The summed E-state index contributed by atoms with van der Waals surface area (Å²) in [5.74, 6) is 0.788. The number of ether oxygens (including phenoxy) is 1. The Bertz CT molecular complexity index is 471. The van der Waals surface area contributed by atoms with Gasteiger partial charge in [-0.1, -0.05) is 60.7 Å². The summed E-state index contributed by atoms with van der Waals surface area (Å²) < 4.78 is 5.63. The second kappa shape index (κ2) is 4.50. The summed E-state index contributed by atoms with van der Waals surface area (Å²) in [7, 11) is 0. The molecule has 1 aliphatic carbocycles. The van der Waals surface area contributed by atoms with Crippen LogP contribution in [0.1, 0.15) is 5.56 Å². The lowest BCUT2D eigenvalue weighted by Crippen LogP contribution is -2.08. The monoisotopic (exact) mass is 224 g/mol. The maximum atomic E-state index is 5.63. The van der Waals surface area contributed by atoms with E-state index >= 15 is 0 Å². The van der Waals surface area contributed by atoms with Crippen molar-refractivity contribution in [1.29, 1.82) is 0 Å². The van der Waals surface area contributed by atoms with E-state index in [1.165, 1.54) is 5.56 Å². The standard InChI is InChI=1S/C15H14NO/c1-2-6-12(7-3-1)10-14-11-17-15(16-14)13-8-4-5-9-13/h1-9,14H,10-11H2/q-1/t14-/m1/s1. The molecule has 1 heterocycles. The molecule has 2 nitrogen and oxygen atoms in total. The van der Waals surface area contributed by atoms with Crippen molar-refractivity contribution in [2.75, 3.05) is 6.61 Å². The van der Waals surface area contributed by atoms with Crippen molar-refractivity contribution >= 4 is 0 Å². The quantitative estimate of drug-likeness (QED) is 0.755. The molecule has 2 heteroatoms. The second-order valence-corrected chi connectivity index (χ2v) is 4.26. The number of allylic oxidation sites excluding steroid dienone is 5. The topological polar surface area (TPSA) is 23.3 Å². The number of benzene rings is 1. The Labute approximate surface area is 101 Å².